The van der Waals surface area contributed by atoms with Gasteiger partial charge in [0.15, 0.2) is 0 Å². The van der Waals surface area contributed by atoms with Crippen molar-refractivity contribution in [2.45, 2.75) is 25.9 Å². The van der Waals surface area contributed by atoms with Gasteiger partial charge in [0.2, 0.25) is 11.8 Å². The first kappa shape index (κ1) is 13.6. The molecule has 3 rings (SSSR count). The van der Waals surface area contributed by atoms with E-state index < -0.39 is 0 Å². The van der Waals surface area contributed by atoms with Crippen LogP contribution in [0.4, 0.5) is 0 Å². The molecule has 0 aromatic carbocycles. The number of hydrogen-bond donors (Lipinski definition) is 0. The van der Waals surface area contributed by atoms with Crippen molar-refractivity contribution in [3.05, 3.63) is 29.7 Å². The van der Waals surface area contributed by atoms with Crippen molar-refractivity contribution in [3.63, 3.8) is 0 Å². The molecule has 7 heteroatoms. The Morgan fingerprint density at radius 3 is 2.95 bits per heavy atom. The summed E-state index contributed by atoms with van der Waals surface area (Å²) in [6, 6.07) is 0.374. The van der Waals surface area contributed by atoms with Crippen LogP contribution in [0.25, 0.3) is 0 Å². The zero-order chi connectivity index (χ0) is 13.9. The van der Waals surface area contributed by atoms with Crippen molar-refractivity contribution >= 4 is 11.8 Å². The van der Waals surface area contributed by atoms with Crippen molar-refractivity contribution < 1.29 is 4.42 Å². The third-order valence-corrected chi connectivity index (χ3v) is 4.52. The maximum Gasteiger partial charge on any atom is 0.230 e. The molecule has 2 aromatic heterocycles. The SMILES string of the molecule is CCc1nnc(CN2CCSC[C@H]2c2cnn(C)c2)o1. The lowest BCUT2D eigenvalue weighted by molar-refractivity contribution is 0.190. The minimum absolute atomic E-state index is 0.374. The highest BCUT2D eigenvalue weighted by atomic mass is 32.2. The Balaban J connectivity index is 1.75. The Morgan fingerprint density at radius 2 is 2.25 bits per heavy atom. The first-order chi connectivity index (χ1) is 9.76. The predicted octanol–water partition coefficient (Wildman–Crippen LogP) is 1.66. The van der Waals surface area contributed by atoms with Crippen LogP contribution in [0.15, 0.2) is 16.8 Å². The summed E-state index contributed by atoms with van der Waals surface area (Å²) < 4.78 is 7.49. The summed E-state index contributed by atoms with van der Waals surface area (Å²) in [5, 5.41) is 12.4. The van der Waals surface area contributed by atoms with Crippen LogP contribution in [0.2, 0.25) is 0 Å². The van der Waals surface area contributed by atoms with Crippen LogP contribution >= 0.6 is 11.8 Å². The second-order valence-corrected chi connectivity index (χ2v) is 6.10. The summed E-state index contributed by atoms with van der Waals surface area (Å²) in [6.45, 7) is 3.77. The van der Waals surface area contributed by atoms with E-state index in [4.69, 9.17) is 4.42 Å². The van der Waals surface area contributed by atoms with Gasteiger partial charge in [-0.1, -0.05) is 6.92 Å². The van der Waals surface area contributed by atoms with E-state index in [0.717, 1.165) is 24.5 Å². The van der Waals surface area contributed by atoms with Gasteiger partial charge in [0.1, 0.15) is 0 Å². The van der Waals surface area contributed by atoms with Crippen LogP contribution in [-0.2, 0) is 20.0 Å². The summed E-state index contributed by atoms with van der Waals surface area (Å²) in [5.74, 6) is 3.65. The highest BCUT2D eigenvalue weighted by Crippen LogP contribution is 2.30. The van der Waals surface area contributed by atoms with Crippen LogP contribution in [0, 0.1) is 0 Å². The van der Waals surface area contributed by atoms with Crippen LogP contribution in [0.3, 0.4) is 0 Å². The highest BCUT2D eigenvalue weighted by Gasteiger charge is 2.26. The average Bonchev–Trinajstić information content (AvgIpc) is 3.08. The van der Waals surface area contributed by atoms with Crippen LogP contribution in [0.1, 0.15) is 30.3 Å². The number of rotatable bonds is 4. The van der Waals surface area contributed by atoms with Gasteiger partial charge >= 0.3 is 0 Å². The van der Waals surface area contributed by atoms with Crippen molar-refractivity contribution in [1.82, 2.24) is 24.9 Å². The van der Waals surface area contributed by atoms with E-state index in [9.17, 15) is 0 Å². The third-order valence-electron chi connectivity index (χ3n) is 3.50. The Kier molecular flexibility index (Phi) is 4.07. The molecule has 6 nitrogen and oxygen atoms in total. The topological polar surface area (TPSA) is 60.0 Å². The molecule has 0 amide bonds. The minimum Gasteiger partial charge on any atom is -0.424 e. The van der Waals surface area contributed by atoms with Gasteiger partial charge in [-0.15, -0.1) is 10.2 Å². The molecule has 0 bridgehead atoms. The quantitative estimate of drug-likeness (QED) is 0.854. The number of nitrogens with zero attached hydrogens (tertiary/aromatic N) is 5. The summed E-state index contributed by atoms with van der Waals surface area (Å²) in [6.07, 6.45) is 4.83. The molecular formula is C13H19N5OS. The Bertz CT molecular complexity index is 567. The van der Waals surface area contributed by atoms with Gasteiger partial charge in [-0.3, -0.25) is 9.58 Å². The first-order valence-electron chi connectivity index (χ1n) is 6.88. The number of hydrogen-bond acceptors (Lipinski definition) is 6. The Hall–Kier alpha value is -1.34. The van der Waals surface area contributed by atoms with Gasteiger partial charge in [0.25, 0.3) is 0 Å². The van der Waals surface area contributed by atoms with Gasteiger partial charge in [0, 0.05) is 49.3 Å². The van der Waals surface area contributed by atoms with E-state index >= 15 is 0 Å². The van der Waals surface area contributed by atoms with Gasteiger partial charge in [-0.2, -0.15) is 16.9 Å². The Morgan fingerprint density at radius 1 is 1.40 bits per heavy atom. The van der Waals surface area contributed by atoms with E-state index in [2.05, 4.69) is 26.4 Å². The van der Waals surface area contributed by atoms with Crippen molar-refractivity contribution in [2.24, 2.45) is 7.05 Å². The zero-order valence-electron chi connectivity index (χ0n) is 11.8. The van der Waals surface area contributed by atoms with Gasteiger partial charge in [0.05, 0.1) is 12.7 Å². The standard InChI is InChI=1S/C13H19N5OS/c1-3-12-15-16-13(19-12)8-18-4-5-20-9-11(18)10-6-14-17(2)7-10/h6-7,11H,3-5,8-9H2,1-2H3/t11-/m0/s1. The van der Waals surface area contributed by atoms with Crippen LogP contribution in [-0.4, -0.2) is 42.9 Å². The van der Waals surface area contributed by atoms with Gasteiger partial charge in [-0.25, -0.2) is 0 Å². The molecule has 0 saturated carbocycles. The fraction of sp³-hybridized carbons (Fsp3) is 0.615. The fourth-order valence-electron chi connectivity index (χ4n) is 2.42. The van der Waals surface area contributed by atoms with Crippen molar-refractivity contribution in [2.75, 3.05) is 18.1 Å². The zero-order valence-corrected chi connectivity index (χ0v) is 12.6. The first-order valence-corrected chi connectivity index (χ1v) is 8.03. The molecule has 2 aromatic rings. The maximum absolute atomic E-state index is 5.63. The molecule has 0 N–H and O–H groups in total. The largest absolute Gasteiger partial charge is 0.424 e. The van der Waals surface area contributed by atoms with Crippen LogP contribution < -0.4 is 0 Å². The normalized spacial score (nSPS) is 20.4. The highest BCUT2D eigenvalue weighted by molar-refractivity contribution is 7.99. The van der Waals surface area contributed by atoms with Gasteiger partial charge < -0.3 is 4.42 Å². The number of aromatic nitrogens is 4. The smallest absolute Gasteiger partial charge is 0.230 e. The fourth-order valence-corrected chi connectivity index (χ4v) is 3.57. The summed E-state index contributed by atoms with van der Waals surface area (Å²) >= 11 is 1.99. The molecule has 1 fully saturated rings. The summed E-state index contributed by atoms with van der Waals surface area (Å²) in [4.78, 5) is 2.40. The molecular weight excluding hydrogens is 274 g/mol. The van der Waals surface area contributed by atoms with Gasteiger partial charge in [-0.05, 0) is 0 Å². The van der Waals surface area contributed by atoms with Crippen molar-refractivity contribution in [1.29, 1.82) is 0 Å². The van der Waals surface area contributed by atoms with E-state index in [-0.39, 0.29) is 0 Å². The summed E-state index contributed by atoms with van der Waals surface area (Å²) in [5.41, 5.74) is 1.26. The molecule has 108 valence electrons. The lowest BCUT2D eigenvalue weighted by atomic mass is 10.1. The lowest BCUT2D eigenvalue weighted by Gasteiger charge is -2.33. The number of thioether (sulfide) groups is 1. The van der Waals surface area contributed by atoms with Crippen molar-refractivity contribution in [3.8, 4) is 0 Å². The molecule has 1 aliphatic rings. The second-order valence-electron chi connectivity index (χ2n) is 4.95. The van der Waals surface area contributed by atoms with E-state index in [1.807, 2.05) is 36.6 Å². The summed E-state index contributed by atoms with van der Waals surface area (Å²) in [7, 11) is 1.95. The van der Waals surface area contributed by atoms with E-state index in [1.165, 1.54) is 5.56 Å². The molecule has 0 spiro atoms. The minimum atomic E-state index is 0.374. The molecule has 20 heavy (non-hydrogen) atoms. The molecule has 0 radical (unpaired) electrons. The Labute approximate surface area is 122 Å². The molecule has 3 heterocycles. The maximum atomic E-state index is 5.63. The lowest BCUT2D eigenvalue weighted by Crippen LogP contribution is -2.35. The second kappa shape index (κ2) is 5.97. The van der Waals surface area contributed by atoms with E-state index in [0.29, 0.717) is 24.4 Å². The predicted molar refractivity (Wildman–Crippen MR) is 77.4 cm³/mol. The number of aryl methyl sites for hydroxylation is 2. The monoisotopic (exact) mass is 293 g/mol. The van der Waals surface area contributed by atoms with E-state index in [1.54, 1.807) is 0 Å². The third kappa shape index (κ3) is 2.88. The average molecular weight is 293 g/mol. The molecule has 1 aliphatic heterocycles. The molecule has 1 saturated heterocycles. The molecule has 0 unspecified atom stereocenters. The van der Waals surface area contributed by atoms with Crippen LogP contribution in [0.5, 0.6) is 0 Å². The molecule has 0 aliphatic carbocycles. The molecule has 1 atom stereocenters.